The van der Waals surface area contributed by atoms with Gasteiger partial charge in [0.25, 0.3) is 0 Å². The third-order valence-electron chi connectivity index (χ3n) is 1.70. The third kappa shape index (κ3) is 2.05. The van der Waals surface area contributed by atoms with Gasteiger partial charge >= 0.3 is 0 Å². The molecule has 1 aromatic carbocycles. The Bertz CT molecular complexity index is 403. The van der Waals surface area contributed by atoms with E-state index in [0.717, 1.165) is 15.6 Å². The highest BCUT2D eigenvalue weighted by atomic mass is 35.5. The smallest absolute Gasteiger partial charge is 0.0519 e. The molecule has 66 valence electrons. The van der Waals surface area contributed by atoms with Gasteiger partial charge in [0.05, 0.1) is 5.02 Å². The number of thiophene rings is 1. The van der Waals surface area contributed by atoms with Gasteiger partial charge in [0.15, 0.2) is 0 Å². The Hall–Kier alpha value is -0.500. The summed E-state index contributed by atoms with van der Waals surface area (Å²) in [5, 5.41) is 3.47. The van der Waals surface area contributed by atoms with E-state index in [1.165, 1.54) is 4.88 Å². The molecule has 1 heterocycles. The van der Waals surface area contributed by atoms with Crippen LogP contribution >= 0.6 is 34.5 Å². The van der Waals surface area contributed by atoms with Gasteiger partial charge in [-0.05, 0) is 23.8 Å². The molecule has 13 heavy (non-hydrogen) atoms. The largest absolute Gasteiger partial charge is 0.142 e. The van der Waals surface area contributed by atoms with Gasteiger partial charge < -0.3 is 0 Å². The van der Waals surface area contributed by atoms with Crippen LogP contribution < -0.4 is 0 Å². The Balaban J connectivity index is 2.41. The quantitative estimate of drug-likeness (QED) is 0.663. The SMILES string of the molecule is Clc1ccc(-c2cc(Cl)cs2)cc1. The van der Waals surface area contributed by atoms with Gasteiger partial charge in [-0.2, -0.15) is 0 Å². The normalized spacial score (nSPS) is 10.3. The summed E-state index contributed by atoms with van der Waals surface area (Å²) in [5.41, 5.74) is 1.15. The fourth-order valence-corrected chi connectivity index (χ4v) is 2.29. The van der Waals surface area contributed by atoms with Gasteiger partial charge in [0, 0.05) is 15.3 Å². The summed E-state index contributed by atoms with van der Waals surface area (Å²) in [6, 6.07) is 9.69. The summed E-state index contributed by atoms with van der Waals surface area (Å²) in [6.07, 6.45) is 0. The van der Waals surface area contributed by atoms with Crippen molar-refractivity contribution in [1.82, 2.24) is 0 Å². The molecular weight excluding hydrogens is 223 g/mol. The van der Waals surface area contributed by atoms with Gasteiger partial charge in [0.1, 0.15) is 0 Å². The maximum atomic E-state index is 5.83. The van der Waals surface area contributed by atoms with Gasteiger partial charge in [-0.3, -0.25) is 0 Å². The highest BCUT2D eigenvalue weighted by Gasteiger charge is 2.00. The Labute approximate surface area is 90.7 Å². The number of rotatable bonds is 1. The third-order valence-corrected chi connectivity index (χ3v) is 3.28. The van der Waals surface area contributed by atoms with Gasteiger partial charge in [0.2, 0.25) is 0 Å². The zero-order valence-corrected chi connectivity index (χ0v) is 8.96. The van der Waals surface area contributed by atoms with Crippen molar-refractivity contribution in [2.24, 2.45) is 0 Å². The first kappa shape index (κ1) is 9.07. The van der Waals surface area contributed by atoms with E-state index in [4.69, 9.17) is 23.2 Å². The molecule has 0 bridgehead atoms. The first-order valence-electron chi connectivity index (χ1n) is 3.76. The van der Waals surface area contributed by atoms with Crippen LogP contribution in [0.1, 0.15) is 0 Å². The number of benzene rings is 1. The minimum atomic E-state index is 0.756. The van der Waals surface area contributed by atoms with Crippen molar-refractivity contribution in [2.75, 3.05) is 0 Å². The van der Waals surface area contributed by atoms with E-state index >= 15 is 0 Å². The number of hydrogen-bond donors (Lipinski definition) is 0. The van der Waals surface area contributed by atoms with Crippen LogP contribution in [0, 0.1) is 0 Å². The van der Waals surface area contributed by atoms with Crippen molar-refractivity contribution in [3.05, 3.63) is 45.8 Å². The molecule has 0 unspecified atom stereocenters. The molecule has 0 spiro atoms. The van der Waals surface area contributed by atoms with Crippen LogP contribution in [0.25, 0.3) is 10.4 Å². The lowest BCUT2D eigenvalue weighted by atomic mass is 10.2. The Morgan fingerprint density at radius 3 is 2.15 bits per heavy atom. The van der Waals surface area contributed by atoms with E-state index in [9.17, 15) is 0 Å². The first-order valence-corrected chi connectivity index (χ1v) is 5.39. The second-order valence-electron chi connectivity index (χ2n) is 2.64. The van der Waals surface area contributed by atoms with Crippen LogP contribution in [0.3, 0.4) is 0 Å². The summed E-state index contributed by atoms with van der Waals surface area (Å²) in [4.78, 5) is 1.17. The molecule has 0 fully saturated rings. The molecule has 3 heteroatoms. The maximum absolute atomic E-state index is 5.83. The van der Waals surface area contributed by atoms with Crippen molar-refractivity contribution >= 4 is 34.5 Å². The standard InChI is InChI=1S/C10H6Cl2S/c11-8-3-1-7(2-4-8)10-5-9(12)6-13-10/h1-6H. The van der Waals surface area contributed by atoms with E-state index < -0.39 is 0 Å². The monoisotopic (exact) mass is 228 g/mol. The van der Waals surface area contributed by atoms with E-state index in [0.29, 0.717) is 0 Å². The molecule has 0 saturated heterocycles. The molecule has 0 nitrogen and oxygen atoms in total. The lowest BCUT2D eigenvalue weighted by Gasteiger charge is -1.95. The van der Waals surface area contributed by atoms with Crippen LogP contribution in [0.5, 0.6) is 0 Å². The van der Waals surface area contributed by atoms with Crippen molar-refractivity contribution < 1.29 is 0 Å². The lowest BCUT2D eigenvalue weighted by Crippen LogP contribution is -1.69. The van der Waals surface area contributed by atoms with Crippen molar-refractivity contribution in [1.29, 1.82) is 0 Å². The topological polar surface area (TPSA) is 0 Å². The Kier molecular flexibility index (Phi) is 2.58. The molecule has 0 N–H and O–H groups in total. The van der Waals surface area contributed by atoms with Gasteiger partial charge in [-0.1, -0.05) is 35.3 Å². The molecule has 2 rings (SSSR count). The molecular formula is C10H6Cl2S. The predicted molar refractivity (Wildman–Crippen MR) is 59.8 cm³/mol. The van der Waals surface area contributed by atoms with Crippen LogP contribution in [0.15, 0.2) is 35.7 Å². The molecule has 0 aliphatic rings. The Morgan fingerprint density at radius 2 is 1.62 bits per heavy atom. The van der Waals surface area contributed by atoms with Gasteiger partial charge in [-0.25, -0.2) is 0 Å². The van der Waals surface area contributed by atoms with Crippen LogP contribution in [0.2, 0.25) is 10.0 Å². The summed E-state index contributed by atoms with van der Waals surface area (Å²) in [7, 11) is 0. The predicted octanol–water partition coefficient (Wildman–Crippen LogP) is 4.72. The van der Waals surface area contributed by atoms with Crippen LogP contribution in [-0.4, -0.2) is 0 Å². The fraction of sp³-hybridized carbons (Fsp3) is 0. The first-order chi connectivity index (χ1) is 6.25. The summed E-state index contributed by atoms with van der Waals surface area (Å²) < 4.78 is 0. The highest BCUT2D eigenvalue weighted by Crippen LogP contribution is 2.30. The molecule has 0 saturated carbocycles. The summed E-state index contributed by atoms with van der Waals surface area (Å²) in [6.45, 7) is 0. The number of hydrogen-bond acceptors (Lipinski definition) is 1. The lowest BCUT2D eigenvalue weighted by molar-refractivity contribution is 1.70. The zero-order chi connectivity index (χ0) is 9.26. The Morgan fingerprint density at radius 1 is 0.923 bits per heavy atom. The highest BCUT2D eigenvalue weighted by molar-refractivity contribution is 7.14. The average Bonchev–Trinajstić information content (AvgIpc) is 2.53. The number of halogens is 2. The van der Waals surface area contributed by atoms with Crippen molar-refractivity contribution in [3.63, 3.8) is 0 Å². The molecule has 1 aromatic heterocycles. The van der Waals surface area contributed by atoms with Crippen LogP contribution in [-0.2, 0) is 0 Å². The maximum Gasteiger partial charge on any atom is 0.0519 e. The molecule has 0 amide bonds. The molecule has 0 radical (unpaired) electrons. The average molecular weight is 229 g/mol. The van der Waals surface area contributed by atoms with E-state index in [1.807, 2.05) is 35.7 Å². The minimum absolute atomic E-state index is 0.756. The second-order valence-corrected chi connectivity index (χ2v) is 4.42. The van der Waals surface area contributed by atoms with Crippen molar-refractivity contribution in [3.8, 4) is 10.4 Å². The minimum Gasteiger partial charge on any atom is -0.142 e. The molecule has 0 atom stereocenters. The van der Waals surface area contributed by atoms with E-state index in [-0.39, 0.29) is 0 Å². The second kappa shape index (κ2) is 3.70. The van der Waals surface area contributed by atoms with E-state index in [2.05, 4.69) is 0 Å². The van der Waals surface area contributed by atoms with E-state index in [1.54, 1.807) is 11.3 Å². The zero-order valence-electron chi connectivity index (χ0n) is 6.63. The molecule has 0 aliphatic carbocycles. The van der Waals surface area contributed by atoms with Crippen molar-refractivity contribution in [2.45, 2.75) is 0 Å². The van der Waals surface area contributed by atoms with Gasteiger partial charge in [-0.15, -0.1) is 11.3 Å². The summed E-state index contributed by atoms with van der Waals surface area (Å²) >= 11 is 13.2. The summed E-state index contributed by atoms with van der Waals surface area (Å²) in [5.74, 6) is 0. The van der Waals surface area contributed by atoms with Crippen LogP contribution in [0.4, 0.5) is 0 Å². The fourth-order valence-electron chi connectivity index (χ4n) is 1.08. The molecule has 2 aromatic rings. The molecule has 0 aliphatic heterocycles.